The van der Waals surface area contributed by atoms with Gasteiger partial charge in [-0.3, -0.25) is 19.8 Å². The number of ether oxygens (including phenoxy) is 2. The molecule has 1 amide bonds. The van der Waals surface area contributed by atoms with Gasteiger partial charge in [-0.2, -0.15) is 0 Å². The molecule has 2 aromatic carbocycles. The fraction of sp³-hybridized carbons (Fsp3) is 0.200. The van der Waals surface area contributed by atoms with Crippen LogP contribution in [0.3, 0.4) is 0 Å². The largest absolute Gasteiger partial charge is 0.493 e. The van der Waals surface area contributed by atoms with Crippen molar-refractivity contribution >= 4 is 74.2 Å². The van der Waals surface area contributed by atoms with E-state index >= 15 is 0 Å². The molecule has 0 unspecified atom stereocenters. The van der Waals surface area contributed by atoms with Gasteiger partial charge in [0.25, 0.3) is 11.6 Å². The van der Waals surface area contributed by atoms with Crippen LogP contribution in [-0.2, 0) is 4.79 Å². The van der Waals surface area contributed by atoms with Gasteiger partial charge < -0.3 is 9.47 Å². The molecule has 0 radical (unpaired) electrons. The highest BCUT2D eigenvalue weighted by Gasteiger charge is 2.33. The van der Waals surface area contributed by atoms with Crippen LogP contribution in [0.5, 0.6) is 11.5 Å². The van der Waals surface area contributed by atoms with E-state index < -0.39 is 4.92 Å². The maximum Gasteiger partial charge on any atom is 0.270 e. The molecule has 1 heterocycles. The minimum Gasteiger partial charge on any atom is -0.493 e. The normalized spacial score (nSPS) is 15.0. The molecule has 30 heavy (non-hydrogen) atoms. The summed E-state index contributed by atoms with van der Waals surface area (Å²) in [5, 5.41) is 10.8. The lowest BCUT2D eigenvalue weighted by atomic mass is 10.1. The van der Waals surface area contributed by atoms with Crippen molar-refractivity contribution < 1.29 is 19.2 Å². The van der Waals surface area contributed by atoms with Crippen LogP contribution in [0.2, 0.25) is 0 Å². The summed E-state index contributed by atoms with van der Waals surface area (Å²) in [5.74, 6) is 0.988. The van der Waals surface area contributed by atoms with E-state index in [0.717, 1.165) is 15.6 Å². The number of carbonyl (C=O) groups is 1. The molecule has 10 heteroatoms. The number of nitro benzene ring substituents is 1. The van der Waals surface area contributed by atoms with Crippen molar-refractivity contribution in [3.05, 3.63) is 60.6 Å². The lowest BCUT2D eigenvalue weighted by Crippen LogP contribution is -2.27. The van der Waals surface area contributed by atoms with Crippen LogP contribution >= 0.6 is 46.6 Å². The molecule has 1 saturated heterocycles. The van der Waals surface area contributed by atoms with Crippen molar-refractivity contribution in [3.63, 3.8) is 0 Å². The molecule has 0 atom stereocenters. The summed E-state index contributed by atoms with van der Waals surface area (Å²) < 4.78 is 12.5. The average molecular weight is 556 g/mol. The van der Waals surface area contributed by atoms with Crippen molar-refractivity contribution in [3.8, 4) is 11.5 Å². The van der Waals surface area contributed by atoms with E-state index in [-0.39, 0.29) is 11.6 Å². The summed E-state index contributed by atoms with van der Waals surface area (Å²) in [5.41, 5.74) is 1.22. The second-order valence-electron chi connectivity index (χ2n) is 6.17. The molecular weight excluding hydrogens is 539 g/mol. The van der Waals surface area contributed by atoms with Crippen molar-refractivity contribution in [1.29, 1.82) is 0 Å². The fourth-order valence-electron chi connectivity index (χ4n) is 2.73. The van der Waals surface area contributed by atoms with Crippen molar-refractivity contribution in [2.24, 2.45) is 0 Å². The van der Waals surface area contributed by atoms with E-state index in [1.807, 2.05) is 19.1 Å². The van der Waals surface area contributed by atoms with Crippen LogP contribution in [0.4, 0.5) is 11.4 Å². The van der Waals surface area contributed by atoms with Crippen LogP contribution in [-0.4, -0.2) is 28.9 Å². The number of non-ortho nitro benzene ring substituents is 1. The molecule has 1 aliphatic heterocycles. The lowest BCUT2D eigenvalue weighted by Gasteiger charge is -2.14. The van der Waals surface area contributed by atoms with Crippen LogP contribution in [0.1, 0.15) is 18.9 Å². The highest BCUT2D eigenvalue weighted by Crippen LogP contribution is 2.39. The van der Waals surface area contributed by atoms with Crippen LogP contribution in [0, 0.1) is 13.7 Å². The molecule has 3 rings (SSSR count). The van der Waals surface area contributed by atoms with Gasteiger partial charge in [-0.25, -0.2) is 0 Å². The smallest absolute Gasteiger partial charge is 0.270 e. The summed E-state index contributed by atoms with van der Waals surface area (Å²) in [6.45, 7) is 2.61. The third kappa shape index (κ3) is 4.76. The fourth-order valence-corrected chi connectivity index (χ4v) is 4.81. The molecule has 0 saturated carbocycles. The zero-order valence-corrected chi connectivity index (χ0v) is 19.9. The van der Waals surface area contributed by atoms with Gasteiger partial charge in [0, 0.05) is 12.1 Å². The maximum atomic E-state index is 12.9. The van der Waals surface area contributed by atoms with E-state index in [1.165, 1.54) is 40.9 Å². The lowest BCUT2D eigenvalue weighted by molar-refractivity contribution is -0.384. The van der Waals surface area contributed by atoms with Gasteiger partial charge in [0.05, 0.1) is 32.8 Å². The van der Waals surface area contributed by atoms with Gasteiger partial charge in [-0.1, -0.05) is 30.9 Å². The van der Waals surface area contributed by atoms with Gasteiger partial charge in [-0.05, 0) is 64.9 Å². The Morgan fingerprint density at radius 3 is 2.60 bits per heavy atom. The Balaban J connectivity index is 1.90. The molecule has 0 spiro atoms. The van der Waals surface area contributed by atoms with Gasteiger partial charge in [-0.15, -0.1) is 0 Å². The number of methoxy groups -OCH3 is 1. The van der Waals surface area contributed by atoms with Gasteiger partial charge in [0.1, 0.15) is 0 Å². The number of carbonyl (C=O) groups excluding carboxylic acids is 1. The zero-order valence-electron chi connectivity index (χ0n) is 16.1. The topological polar surface area (TPSA) is 81.9 Å². The number of hydrogen-bond donors (Lipinski definition) is 0. The van der Waals surface area contributed by atoms with E-state index in [9.17, 15) is 14.9 Å². The Bertz CT molecular complexity index is 1040. The summed E-state index contributed by atoms with van der Waals surface area (Å²) in [7, 11) is 1.57. The maximum absolute atomic E-state index is 12.9. The summed E-state index contributed by atoms with van der Waals surface area (Å²) in [6.07, 6.45) is 2.63. The first-order valence-electron chi connectivity index (χ1n) is 8.88. The highest BCUT2D eigenvalue weighted by molar-refractivity contribution is 14.1. The molecule has 0 aliphatic carbocycles. The number of benzene rings is 2. The Morgan fingerprint density at radius 1 is 1.30 bits per heavy atom. The Hall–Kier alpha value is -2.18. The number of halogens is 1. The third-order valence-electron chi connectivity index (χ3n) is 4.11. The Morgan fingerprint density at radius 2 is 2.00 bits per heavy atom. The number of anilines is 1. The molecule has 0 N–H and O–H groups in total. The summed E-state index contributed by atoms with van der Waals surface area (Å²) >= 11 is 8.72. The summed E-state index contributed by atoms with van der Waals surface area (Å²) in [4.78, 5) is 25.1. The second kappa shape index (κ2) is 9.75. The monoisotopic (exact) mass is 556 g/mol. The second-order valence-corrected chi connectivity index (χ2v) is 9.01. The first-order chi connectivity index (χ1) is 14.3. The van der Waals surface area contributed by atoms with E-state index in [0.29, 0.717) is 33.0 Å². The predicted molar refractivity (Wildman–Crippen MR) is 130 cm³/mol. The quantitative estimate of drug-likeness (QED) is 0.149. The van der Waals surface area contributed by atoms with Crippen LogP contribution in [0.25, 0.3) is 6.08 Å². The predicted octanol–water partition coefficient (Wildman–Crippen LogP) is 5.40. The first-order valence-corrected chi connectivity index (χ1v) is 11.2. The molecule has 7 nitrogen and oxygen atoms in total. The number of nitrogens with zero attached hydrogens (tertiary/aromatic N) is 2. The molecule has 1 aliphatic rings. The molecule has 0 bridgehead atoms. The van der Waals surface area contributed by atoms with Gasteiger partial charge >= 0.3 is 0 Å². The third-order valence-corrected chi connectivity index (χ3v) is 6.22. The summed E-state index contributed by atoms with van der Waals surface area (Å²) in [6, 6.07) is 9.44. The number of hydrogen-bond acceptors (Lipinski definition) is 7. The van der Waals surface area contributed by atoms with Crippen molar-refractivity contribution in [1.82, 2.24) is 0 Å². The molecule has 0 aromatic heterocycles. The van der Waals surface area contributed by atoms with E-state index in [1.54, 1.807) is 13.2 Å². The number of amides is 1. The van der Waals surface area contributed by atoms with E-state index in [4.69, 9.17) is 21.7 Å². The minimum absolute atomic E-state index is 0.0493. The Labute approximate surface area is 196 Å². The van der Waals surface area contributed by atoms with Gasteiger partial charge in [0.2, 0.25) is 0 Å². The molecular formula is C20H17IN2O5S2. The number of rotatable bonds is 7. The van der Waals surface area contributed by atoms with Gasteiger partial charge in [0.15, 0.2) is 15.8 Å². The number of thioether (sulfide) groups is 1. The number of nitro groups is 1. The van der Waals surface area contributed by atoms with Crippen LogP contribution in [0.15, 0.2) is 41.3 Å². The average Bonchev–Trinajstić information content (AvgIpc) is 2.99. The zero-order chi connectivity index (χ0) is 21.8. The molecule has 2 aromatic rings. The first kappa shape index (κ1) is 22.5. The minimum atomic E-state index is -0.489. The van der Waals surface area contributed by atoms with Crippen LogP contribution < -0.4 is 14.4 Å². The van der Waals surface area contributed by atoms with E-state index in [2.05, 4.69) is 22.6 Å². The number of thiocarbonyl (C=S) groups is 1. The van der Waals surface area contributed by atoms with Crippen molar-refractivity contribution in [2.45, 2.75) is 13.3 Å². The SMILES string of the molecule is CCCOc1c(I)cc(/C=C2/SC(=S)N(c3ccc([N+](=O)[O-])cc3)C2=O)cc1OC. The highest BCUT2D eigenvalue weighted by atomic mass is 127. The Kier molecular flexibility index (Phi) is 7.32. The standard InChI is InChI=1S/C20H17IN2O5S2/c1-3-8-28-18-15(21)9-12(10-16(18)27-2)11-17-19(24)22(20(29)30-17)13-4-6-14(7-5-13)23(25)26/h4-7,9-11H,3,8H2,1-2H3/b17-11+. The van der Waals surface area contributed by atoms with Crippen molar-refractivity contribution in [2.75, 3.05) is 18.6 Å². The molecule has 156 valence electrons. The molecule has 1 fully saturated rings.